The van der Waals surface area contributed by atoms with Gasteiger partial charge in [-0.1, -0.05) is 36.0 Å². The molecule has 1 aromatic rings. The van der Waals surface area contributed by atoms with E-state index in [4.69, 9.17) is 11.6 Å². The molecule has 17 heavy (non-hydrogen) atoms. The SMILES string of the molecule is CC(=O)SCCC=Cc1ccc(CCl)c(F)c1. The van der Waals surface area contributed by atoms with Crippen molar-refractivity contribution in [3.8, 4) is 0 Å². The van der Waals surface area contributed by atoms with E-state index in [0.717, 1.165) is 17.7 Å². The predicted octanol–water partition coefficient (Wildman–Crippen LogP) is 4.25. The van der Waals surface area contributed by atoms with E-state index >= 15 is 0 Å². The van der Waals surface area contributed by atoms with E-state index in [1.54, 1.807) is 13.0 Å². The van der Waals surface area contributed by atoms with Crippen LogP contribution in [0.2, 0.25) is 0 Å². The molecule has 0 aliphatic carbocycles. The lowest BCUT2D eigenvalue weighted by molar-refractivity contribution is -0.109. The number of thioether (sulfide) groups is 1. The van der Waals surface area contributed by atoms with Crippen molar-refractivity contribution in [3.63, 3.8) is 0 Å². The van der Waals surface area contributed by atoms with Crippen LogP contribution in [0.15, 0.2) is 24.3 Å². The van der Waals surface area contributed by atoms with Gasteiger partial charge in [-0.3, -0.25) is 4.79 Å². The Hall–Kier alpha value is -0.800. The van der Waals surface area contributed by atoms with Gasteiger partial charge in [0.15, 0.2) is 5.12 Å². The molecule has 0 bridgehead atoms. The molecule has 0 radical (unpaired) electrons. The van der Waals surface area contributed by atoms with Crippen LogP contribution in [0.3, 0.4) is 0 Å². The van der Waals surface area contributed by atoms with E-state index < -0.39 is 0 Å². The largest absolute Gasteiger partial charge is 0.288 e. The first-order valence-electron chi connectivity index (χ1n) is 5.28. The fourth-order valence-electron chi connectivity index (χ4n) is 1.27. The van der Waals surface area contributed by atoms with Crippen LogP contribution in [-0.2, 0) is 10.7 Å². The molecule has 0 aliphatic heterocycles. The second-order valence-electron chi connectivity index (χ2n) is 3.52. The number of carbonyl (C=O) groups excluding carboxylic acids is 1. The third-order valence-corrected chi connectivity index (χ3v) is 3.26. The highest BCUT2D eigenvalue weighted by atomic mass is 35.5. The van der Waals surface area contributed by atoms with Gasteiger partial charge in [-0.25, -0.2) is 4.39 Å². The maximum atomic E-state index is 13.4. The molecule has 1 rings (SSSR count). The summed E-state index contributed by atoms with van der Waals surface area (Å²) in [6.45, 7) is 1.55. The number of hydrogen-bond acceptors (Lipinski definition) is 2. The van der Waals surface area contributed by atoms with Crippen LogP contribution >= 0.6 is 23.4 Å². The first-order chi connectivity index (χ1) is 8.13. The molecule has 0 saturated carbocycles. The van der Waals surface area contributed by atoms with Crippen molar-refractivity contribution in [2.24, 2.45) is 0 Å². The van der Waals surface area contributed by atoms with Crippen molar-refractivity contribution >= 4 is 34.6 Å². The van der Waals surface area contributed by atoms with Gasteiger partial charge in [-0.15, -0.1) is 11.6 Å². The topological polar surface area (TPSA) is 17.1 Å². The predicted molar refractivity (Wildman–Crippen MR) is 72.7 cm³/mol. The van der Waals surface area contributed by atoms with E-state index in [2.05, 4.69) is 0 Å². The molecule has 0 spiro atoms. The van der Waals surface area contributed by atoms with Crippen molar-refractivity contribution in [2.45, 2.75) is 19.2 Å². The maximum absolute atomic E-state index is 13.4. The normalized spacial score (nSPS) is 11.0. The van der Waals surface area contributed by atoms with Crippen LogP contribution in [0.25, 0.3) is 6.08 Å². The second kappa shape index (κ2) is 7.51. The van der Waals surface area contributed by atoms with E-state index in [0.29, 0.717) is 5.56 Å². The summed E-state index contributed by atoms with van der Waals surface area (Å²) in [4.78, 5) is 10.7. The average Bonchev–Trinajstić information content (AvgIpc) is 2.28. The molecule has 0 saturated heterocycles. The Kier molecular flexibility index (Phi) is 6.30. The molecular weight excluding hydrogens is 259 g/mol. The van der Waals surface area contributed by atoms with Crippen LogP contribution in [0.1, 0.15) is 24.5 Å². The highest BCUT2D eigenvalue weighted by Crippen LogP contribution is 2.14. The minimum absolute atomic E-state index is 0.121. The smallest absolute Gasteiger partial charge is 0.185 e. The number of benzene rings is 1. The first kappa shape index (κ1) is 14.3. The molecule has 0 N–H and O–H groups in total. The number of hydrogen-bond donors (Lipinski definition) is 0. The molecule has 92 valence electrons. The summed E-state index contributed by atoms with van der Waals surface area (Å²) in [7, 11) is 0. The monoisotopic (exact) mass is 272 g/mol. The Morgan fingerprint density at radius 3 is 2.88 bits per heavy atom. The fraction of sp³-hybridized carbons (Fsp3) is 0.308. The number of alkyl halides is 1. The van der Waals surface area contributed by atoms with Crippen molar-refractivity contribution < 1.29 is 9.18 Å². The standard InChI is InChI=1S/C13H14ClFOS/c1-10(16)17-7-3-2-4-11-5-6-12(9-14)13(15)8-11/h2,4-6,8H,3,7,9H2,1H3. The molecule has 0 aliphatic rings. The zero-order chi connectivity index (χ0) is 12.7. The van der Waals surface area contributed by atoms with Gasteiger partial charge >= 0.3 is 0 Å². The van der Waals surface area contributed by atoms with Gasteiger partial charge in [-0.05, 0) is 18.1 Å². The highest BCUT2D eigenvalue weighted by Gasteiger charge is 2.00. The highest BCUT2D eigenvalue weighted by molar-refractivity contribution is 8.13. The third-order valence-electron chi connectivity index (χ3n) is 2.12. The molecule has 1 nitrogen and oxygen atoms in total. The Bertz CT molecular complexity index is 418. The second-order valence-corrected chi connectivity index (χ2v) is 5.05. The quantitative estimate of drug-likeness (QED) is 0.589. The summed E-state index contributed by atoms with van der Waals surface area (Å²) in [5.41, 5.74) is 1.32. The molecule has 0 unspecified atom stereocenters. The molecule has 0 amide bonds. The molecule has 0 atom stereocenters. The zero-order valence-corrected chi connectivity index (χ0v) is 11.2. The summed E-state index contributed by atoms with van der Waals surface area (Å²) in [6.07, 6.45) is 4.58. The summed E-state index contributed by atoms with van der Waals surface area (Å²) in [6, 6.07) is 4.98. The van der Waals surface area contributed by atoms with E-state index in [-0.39, 0.29) is 16.8 Å². The molecule has 0 fully saturated rings. The van der Waals surface area contributed by atoms with Crippen LogP contribution in [0.5, 0.6) is 0 Å². The Balaban J connectivity index is 2.48. The van der Waals surface area contributed by atoms with Gasteiger partial charge in [0, 0.05) is 18.2 Å². The molecule has 0 heterocycles. The first-order valence-corrected chi connectivity index (χ1v) is 6.80. The molecule has 0 aromatic heterocycles. The molecule has 4 heteroatoms. The van der Waals surface area contributed by atoms with Gasteiger partial charge in [0.05, 0.1) is 5.88 Å². The average molecular weight is 273 g/mol. The molecule has 1 aromatic carbocycles. The number of rotatable bonds is 5. The minimum Gasteiger partial charge on any atom is -0.288 e. The van der Waals surface area contributed by atoms with E-state index in [1.807, 2.05) is 18.2 Å². The summed E-state index contributed by atoms with van der Waals surface area (Å²) >= 11 is 6.86. The van der Waals surface area contributed by atoms with Crippen LogP contribution in [0.4, 0.5) is 4.39 Å². The summed E-state index contributed by atoms with van der Waals surface area (Å²) in [5.74, 6) is 0.666. The number of allylic oxidation sites excluding steroid dienone is 1. The van der Waals surface area contributed by atoms with Crippen molar-refractivity contribution in [3.05, 3.63) is 41.2 Å². The lowest BCUT2D eigenvalue weighted by Crippen LogP contribution is -1.87. The van der Waals surface area contributed by atoms with Gasteiger partial charge in [0.25, 0.3) is 0 Å². The van der Waals surface area contributed by atoms with Gasteiger partial charge in [0.1, 0.15) is 5.82 Å². The number of halogens is 2. The summed E-state index contributed by atoms with van der Waals surface area (Å²) < 4.78 is 13.4. The van der Waals surface area contributed by atoms with Crippen molar-refractivity contribution in [1.29, 1.82) is 0 Å². The lowest BCUT2D eigenvalue weighted by atomic mass is 10.1. The Morgan fingerprint density at radius 2 is 2.29 bits per heavy atom. The number of carbonyl (C=O) groups is 1. The van der Waals surface area contributed by atoms with Gasteiger partial charge in [-0.2, -0.15) is 0 Å². The van der Waals surface area contributed by atoms with E-state index in [1.165, 1.54) is 17.8 Å². The Morgan fingerprint density at radius 1 is 1.53 bits per heavy atom. The molecular formula is C13H14ClFOS. The van der Waals surface area contributed by atoms with Crippen LogP contribution in [-0.4, -0.2) is 10.9 Å². The lowest BCUT2D eigenvalue weighted by Gasteiger charge is -1.99. The van der Waals surface area contributed by atoms with Gasteiger partial charge < -0.3 is 0 Å². The fourth-order valence-corrected chi connectivity index (χ4v) is 2.02. The van der Waals surface area contributed by atoms with Crippen molar-refractivity contribution in [1.82, 2.24) is 0 Å². The summed E-state index contributed by atoms with van der Waals surface area (Å²) in [5, 5.41) is 0.121. The van der Waals surface area contributed by atoms with Crippen molar-refractivity contribution in [2.75, 3.05) is 5.75 Å². The minimum atomic E-state index is -0.278. The van der Waals surface area contributed by atoms with Gasteiger partial charge in [0.2, 0.25) is 0 Å². The third kappa shape index (κ3) is 5.37. The Labute approximate surface area is 110 Å². The van der Waals surface area contributed by atoms with Crippen LogP contribution in [0, 0.1) is 5.82 Å². The zero-order valence-electron chi connectivity index (χ0n) is 9.58. The van der Waals surface area contributed by atoms with E-state index in [9.17, 15) is 9.18 Å². The maximum Gasteiger partial charge on any atom is 0.185 e. The van der Waals surface area contributed by atoms with Crippen LogP contribution < -0.4 is 0 Å².